The van der Waals surface area contributed by atoms with Gasteiger partial charge in [0.15, 0.2) is 0 Å². The predicted octanol–water partition coefficient (Wildman–Crippen LogP) is 3.32. The lowest BCUT2D eigenvalue weighted by Crippen LogP contribution is -2.14. The van der Waals surface area contributed by atoms with Gasteiger partial charge in [0.05, 0.1) is 11.9 Å². The topological polar surface area (TPSA) is 57.8 Å². The average Bonchev–Trinajstić information content (AvgIpc) is 2.43. The first-order chi connectivity index (χ1) is 9.13. The van der Waals surface area contributed by atoms with Crippen molar-refractivity contribution in [3.05, 3.63) is 51.4 Å². The lowest BCUT2D eigenvalue weighted by atomic mass is 10.1. The molecule has 0 fully saturated rings. The van der Waals surface area contributed by atoms with E-state index in [9.17, 15) is 4.79 Å². The first kappa shape index (κ1) is 14.0. The van der Waals surface area contributed by atoms with Crippen LogP contribution in [0.15, 0.2) is 40.2 Å². The number of aromatic amines is 1. The zero-order valence-electron chi connectivity index (χ0n) is 10.6. The number of thioether (sulfide) groups is 1. The van der Waals surface area contributed by atoms with Gasteiger partial charge in [-0.25, -0.2) is 5.10 Å². The van der Waals surface area contributed by atoms with Crippen LogP contribution in [-0.4, -0.2) is 16.5 Å². The molecule has 4 nitrogen and oxygen atoms in total. The highest BCUT2D eigenvalue weighted by atomic mass is 35.5. The van der Waals surface area contributed by atoms with Crippen molar-refractivity contribution in [2.45, 2.75) is 17.9 Å². The van der Waals surface area contributed by atoms with E-state index in [-0.39, 0.29) is 11.1 Å². The Morgan fingerprint density at radius 3 is 2.89 bits per heavy atom. The number of halogens is 1. The molecule has 0 radical (unpaired) electrons. The van der Waals surface area contributed by atoms with Gasteiger partial charge in [-0.05, 0) is 24.8 Å². The van der Waals surface area contributed by atoms with Crippen LogP contribution in [0.5, 0.6) is 0 Å². The number of H-pyrrole nitrogens is 1. The Morgan fingerprint density at radius 2 is 2.16 bits per heavy atom. The van der Waals surface area contributed by atoms with Gasteiger partial charge < -0.3 is 5.32 Å². The highest BCUT2D eigenvalue weighted by molar-refractivity contribution is 7.98. The number of benzene rings is 1. The molecule has 0 aliphatic rings. The lowest BCUT2D eigenvalue weighted by molar-refractivity contribution is 0.852. The molecule has 2 aromatic rings. The zero-order valence-corrected chi connectivity index (χ0v) is 12.2. The Labute approximate surface area is 120 Å². The van der Waals surface area contributed by atoms with E-state index < -0.39 is 5.56 Å². The third kappa shape index (κ3) is 3.11. The van der Waals surface area contributed by atoms with Gasteiger partial charge in [0.2, 0.25) is 0 Å². The van der Waals surface area contributed by atoms with E-state index in [1.165, 1.54) is 11.1 Å². The fraction of sp³-hybridized carbons (Fsp3) is 0.231. The second kappa shape index (κ2) is 6.12. The molecule has 0 saturated heterocycles. The van der Waals surface area contributed by atoms with Crippen LogP contribution >= 0.6 is 23.4 Å². The molecule has 6 heteroatoms. The summed E-state index contributed by atoms with van der Waals surface area (Å²) >= 11 is 7.63. The Kier molecular flexibility index (Phi) is 4.50. The van der Waals surface area contributed by atoms with Crippen LogP contribution in [0.3, 0.4) is 0 Å². The van der Waals surface area contributed by atoms with Gasteiger partial charge in [0.25, 0.3) is 5.56 Å². The molecule has 100 valence electrons. The lowest BCUT2D eigenvalue weighted by Gasteiger charge is -2.18. The number of rotatable bonds is 4. The summed E-state index contributed by atoms with van der Waals surface area (Å²) in [4.78, 5) is 12.6. The number of nitrogens with one attached hydrogen (secondary N) is 2. The summed E-state index contributed by atoms with van der Waals surface area (Å²) in [6, 6.07) is 8.15. The molecule has 0 aliphatic heterocycles. The summed E-state index contributed by atoms with van der Waals surface area (Å²) in [5, 5.41) is 9.38. The van der Waals surface area contributed by atoms with Gasteiger partial charge in [-0.1, -0.05) is 29.8 Å². The van der Waals surface area contributed by atoms with E-state index in [4.69, 9.17) is 11.6 Å². The predicted molar refractivity (Wildman–Crippen MR) is 80.1 cm³/mol. The summed E-state index contributed by atoms with van der Waals surface area (Å²) in [7, 11) is 0. The minimum absolute atomic E-state index is 0.0322. The average molecular weight is 296 g/mol. The summed E-state index contributed by atoms with van der Waals surface area (Å²) in [6.07, 6.45) is 3.55. The molecule has 0 aliphatic carbocycles. The normalized spacial score (nSPS) is 12.2. The van der Waals surface area contributed by atoms with Crippen LogP contribution in [-0.2, 0) is 0 Å². The molecule has 0 unspecified atom stereocenters. The van der Waals surface area contributed by atoms with Gasteiger partial charge >= 0.3 is 0 Å². The van der Waals surface area contributed by atoms with Crippen molar-refractivity contribution in [1.29, 1.82) is 0 Å². The van der Waals surface area contributed by atoms with Crippen LogP contribution in [0.1, 0.15) is 18.5 Å². The van der Waals surface area contributed by atoms with Gasteiger partial charge in [-0.2, -0.15) is 5.10 Å². The Morgan fingerprint density at radius 1 is 1.42 bits per heavy atom. The van der Waals surface area contributed by atoms with Crippen molar-refractivity contribution >= 4 is 29.1 Å². The zero-order chi connectivity index (χ0) is 13.8. The summed E-state index contributed by atoms with van der Waals surface area (Å²) in [5.74, 6) is 0. The first-order valence-electron chi connectivity index (χ1n) is 5.76. The van der Waals surface area contributed by atoms with Crippen molar-refractivity contribution in [3.8, 4) is 0 Å². The number of hydrogen-bond acceptors (Lipinski definition) is 4. The minimum atomic E-state index is -0.392. The van der Waals surface area contributed by atoms with E-state index in [2.05, 4.69) is 27.6 Å². The SMILES string of the molecule is CSc1ccccc1[C@@H](C)Nc1cn[nH]c(=O)c1Cl. The molecule has 0 spiro atoms. The van der Waals surface area contributed by atoms with E-state index >= 15 is 0 Å². The van der Waals surface area contributed by atoms with Crippen molar-refractivity contribution in [2.75, 3.05) is 11.6 Å². The van der Waals surface area contributed by atoms with Crippen molar-refractivity contribution < 1.29 is 0 Å². The third-order valence-electron chi connectivity index (χ3n) is 2.77. The van der Waals surface area contributed by atoms with Crippen LogP contribution in [0.25, 0.3) is 0 Å². The molecule has 2 rings (SSSR count). The molecule has 2 N–H and O–H groups in total. The molecule has 0 bridgehead atoms. The molecule has 19 heavy (non-hydrogen) atoms. The quantitative estimate of drug-likeness (QED) is 0.850. The summed E-state index contributed by atoms with van der Waals surface area (Å²) in [6.45, 7) is 2.02. The van der Waals surface area contributed by atoms with Gasteiger partial charge in [-0.3, -0.25) is 4.79 Å². The monoisotopic (exact) mass is 295 g/mol. The van der Waals surface area contributed by atoms with E-state index in [0.29, 0.717) is 5.69 Å². The largest absolute Gasteiger partial charge is 0.376 e. The van der Waals surface area contributed by atoms with Crippen LogP contribution in [0.4, 0.5) is 5.69 Å². The maximum absolute atomic E-state index is 11.4. The molecular formula is C13H14ClN3OS. The van der Waals surface area contributed by atoms with Crippen LogP contribution < -0.4 is 10.9 Å². The minimum Gasteiger partial charge on any atom is -0.376 e. The second-order valence-corrected chi connectivity index (χ2v) is 5.26. The Hall–Kier alpha value is -1.46. The van der Waals surface area contributed by atoms with Gasteiger partial charge in [0, 0.05) is 10.9 Å². The summed E-state index contributed by atoms with van der Waals surface area (Å²) < 4.78 is 0. The molecule has 1 atom stereocenters. The molecule has 0 saturated carbocycles. The van der Waals surface area contributed by atoms with Crippen LogP contribution in [0, 0.1) is 0 Å². The Bertz CT molecular complexity index is 629. The third-order valence-corrected chi connectivity index (χ3v) is 3.96. The molecule has 1 aromatic carbocycles. The summed E-state index contributed by atoms with van der Waals surface area (Å²) in [5.41, 5.74) is 1.30. The smallest absolute Gasteiger partial charge is 0.285 e. The maximum Gasteiger partial charge on any atom is 0.285 e. The number of aromatic nitrogens is 2. The number of anilines is 1. The highest BCUT2D eigenvalue weighted by Gasteiger charge is 2.12. The van der Waals surface area contributed by atoms with Crippen molar-refractivity contribution in [1.82, 2.24) is 10.2 Å². The standard InChI is InChI=1S/C13H14ClN3OS/c1-8(9-5-3-4-6-11(9)19-2)16-10-7-15-17-13(18)12(10)14/h3-8H,1-2H3,(H2,16,17,18)/t8-/m1/s1. The van der Waals surface area contributed by atoms with Gasteiger partial charge in [0.1, 0.15) is 5.02 Å². The second-order valence-electron chi connectivity index (χ2n) is 4.03. The molecule has 0 amide bonds. The maximum atomic E-state index is 11.4. The molecule has 1 aromatic heterocycles. The van der Waals surface area contributed by atoms with E-state index in [1.54, 1.807) is 11.8 Å². The fourth-order valence-electron chi connectivity index (χ4n) is 1.82. The highest BCUT2D eigenvalue weighted by Crippen LogP contribution is 2.29. The van der Waals surface area contributed by atoms with E-state index in [1.807, 2.05) is 25.3 Å². The van der Waals surface area contributed by atoms with Crippen LogP contribution in [0.2, 0.25) is 5.02 Å². The molecular weight excluding hydrogens is 282 g/mol. The first-order valence-corrected chi connectivity index (χ1v) is 7.36. The van der Waals surface area contributed by atoms with Crippen molar-refractivity contribution in [2.24, 2.45) is 0 Å². The number of nitrogens with zero attached hydrogens (tertiary/aromatic N) is 1. The number of hydrogen-bond donors (Lipinski definition) is 2. The van der Waals surface area contributed by atoms with Crippen molar-refractivity contribution in [3.63, 3.8) is 0 Å². The van der Waals surface area contributed by atoms with E-state index in [0.717, 1.165) is 5.56 Å². The molecule has 1 heterocycles. The fourth-order valence-corrected chi connectivity index (χ4v) is 2.66. The Balaban J connectivity index is 2.28. The van der Waals surface area contributed by atoms with Gasteiger partial charge in [-0.15, -0.1) is 11.8 Å².